The molecule has 0 radical (unpaired) electrons. The molecule has 1 aliphatic heterocycles. The van der Waals surface area contributed by atoms with Crippen molar-refractivity contribution < 1.29 is 9.21 Å². The molecule has 15 heavy (non-hydrogen) atoms. The molecule has 2 N–H and O–H groups in total. The number of carbonyl (C=O) groups excluding carboxylic acids is 1. The minimum Gasteiger partial charge on any atom is -0.472 e. The van der Waals surface area contributed by atoms with Crippen LogP contribution in [0.2, 0.25) is 0 Å². The average Bonchev–Trinajstić information content (AvgIpc) is 2.74. The van der Waals surface area contributed by atoms with Crippen LogP contribution in [0.1, 0.15) is 23.7 Å². The van der Waals surface area contributed by atoms with Crippen LogP contribution in [0.3, 0.4) is 0 Å². The van der Waals surface area contributed by atoms with Gasteiger partial charge in [-0.3, -0.25) is 4.79 Å². The zero-order valence-corrected chi connectivity index (χ0v) is 8.82. The minimum atomic E-state index is -0.0394. The Morgan fingerprint density at radius 1 is 1.67 bits per heavy atom. The number of nitrogens with one attached hydrogen (secondary N) is 2. The molecule has 4 nitrogen and oxygen atoms in total. The Morgan fingerprint density at radius 2 is 2.53 bits per heavy atom. The van der Waals surface area contributed by atoms with Crippen LogP contribution in [0.4, 0.5) is 0 Å². The molecule has 0 spiro atoms. The molecule has 0 aromatic carbocycles. The summed E-state index contributed by atoms with van der Waals surface area (Å²) in [5.74, 6) is 0.442. The van der Waals surface area contributed by atoms with Crippen LogP contribution < -0.4 is 10.6 Å². The maximum atomic E-state index is 11.7. The molecule has 1 saturated heterocycles. The fraction of sp³-hybridized carbons (Fsp3) is 0.545. The van der Waals surface area contributed by atoms with E-state index in [1.165, 1.54) is 12.5 Å². The summed E-state index contributed by atoms with van der Waals surface area (Å²) in [6.45, 7) is 4.09. The van der Waals surface area contributed by atoms with Gasteiger partial charge in [-0.05, 0) is 31.5 Å². The largest absolute Gasteiger partial charge is 0.472 e. The lowest BCUT2D eigenvalue weighted by Gasteiger charge is -2.30. The first-order valence-electron chi connectivity index (χ1n) is 5.31. The van der Waals surface area contributed by atoms with Crippen LogP contribution in [0.15, 0.2) is 23.0 Å². The molecule has 1 aromatic heterocycles. The van der Waals surface area contributed by atoms with Crippen molar-refractivity contribution in [2.75, 3.05) is 13.1 Å². The van der Waals surface area contributed by atoms with E-state index in [1.807, 2.05) is 0 Å². The highest BCUT2D eigenvalue weighted by Crippen LogP contribution is 2.11. The van der Waals surface area contributed by atoms with Crippen LogP contribution in [-0.2, 0) is 0 Å². The van der Waals surface area contributed by atoms with E-state index in [0.29, 0.717) is 11.5 Å². The first kappa shape index (κ1) is 10.2. The molecule has 0 saturated carbocycles. The van der Waals surface area contributed by atoms with Gasteiger partial charge in [0.05, 0.1) is 11.8 Å². The Hall–Kier alpha value is -1.29. The molecular formula is C11H16N2O2. The lowest BCUT2D eigenvalue weighted by atomic mass is 9.95. The third-order valence-electron chi connectivity index (χ3n) is 2.89. The second-order valence-electron chi connectivity index (χ2n) is 4.06. The van der Waals surface area contributed by atoms with Crippen molar-refractivity contribution in [2.45, 2.75) is 19.4 Å². The molecule has 4 heteroatoms. The molecule has 1 aromatic rings. The highest BCUT2D eigenvalue weighted by atomic mass is 16.3. The van der Waals surface area contributed by atoms with Crippen molar-refractivity contribution >= 4 is 5.91 Å². The monoisotopic (exact) mass is 208 g/mol. The third-order valence-corrected chi connectivity index (χ3v) is 2.89. The summed E-state index contributed by atoms with van der Waals surface area (Å²) < 4.78 is 4.88. The van der Waals surface area contributed by atoms with Gasteiger partial charge in [0.1, 0.15) is 6.26 Å². The Morgan fingerprint density at radius 3 is 3.20 bits per heavy atom. The van der Waals surface area contributed by atoms with E-state index in [2.05, 4.69) is 17.6 Å². The highest BCUT2D eigenvalue weighted by molar-refractivity contribution is 5.93. The number of rotatable bonds is 2. The van der Waals surface area contributed by atoms with Crippen LogP contribution in [0.25, 0.3) is 0 Å². The Labute approximate surface area is 89.0 Å². The van der Waals surface area contributed by atoms with E-state index >= 15 is 0 Å². The van der Waals surface area contributed by atoms with E-state index in [9.17, 15) is 4.79 Å². The summed E-state index contributed by atoms with van der Waals surface area (Å²) in [5.41, 5.74) is 0.598. The van der Waals surface area contributed by atoms with Crippen molar-refractivity contribution in [3.05, 3.63) is 24.2 Å². The fourth-order valence-corrected chi connectivity index (χ4v) is 1.87. The molecule has 1 amide bonds. The first-order chi connectivity index (χ1) is 7.27. The second-order valence-corrected chi connectivity index (χ2v) is 4.06. The fourth-order valence-electron chi connectivity index (χ4n) is 1.87. The number of piperidine rings is 1. The van der Waals surface area contributed by atoms with Gasteiger partial charge in [-0.25, -0.2) is 0 Å². The van der Waals surface area contributed by atoms with Crippen LogP contribution in [-0.4, -0.2) is 25.0 Å². The third kappa shape index (κ3) is 2.39. The maximum absolute atomic E-state index is 11.7. The maximum Gasteiger partial charge on any atom is 0.254 e. The molecule has 0 aliphatic carbocycles. The summed E-state index contributed by atoms with van der Waals surface area (Å²) >= 11 is 0. The molecule has 2 atom stereocenters. The van der Waals surface area contributed by atoms with Gasteiger partial charge in [0, 0.05) is 6.04 Å². The quantitative estimate of drug-likeness (QED) is 0.762. The standard InChI is InChI=1S/C11H16N2O2/c1-8-6-12-4-2-10(8)13-11(14)9-3-5-15-7-9/h3,5,7-8,10,12H,2,4,6H2,1H3,(H,13,14). The van der Waals surface area contributed by atoms with Gasteiger partial charge >= 0.3 is 0 Å². The molecule has 2 heterocycles. The van der Waals surface area contributed by atoms with Gasteiger partial charge in [0.15, 0.2) is 0 Å². The number of hydrogen-bond acceptors (Lipinski definition) is 3. The van der Waals surface area contributed by atoms with Crippen LogP contribution >= 0.6 is 0 Å². The van der Waals surface area contributed by atoms with E-state index in [0.717, 1.165) is 19.5 Å². The molecule has 82 valence electrons. The molecule has 0 bridgehead atoms. The lowest BCUT2D eigenvalue weighted by Crippen LogP contribution is -2.48. The van der Waals surface area contributed by atoms with Crippen molar-refractivity contribution in [1.29, 1.82) is 0 Å². The van der Waals surface area contributed by atoms with Gasteiger partial charge in [0.25, 0.3) is 5.91 Å². The van der Waals surface area contributed by atoms with Crippen molar-refractivity contribution in [3.8, 4) is 0 Å². The van der Waals surface area contributed by atoms with Crippen molar-refractivity contribution in [3.63, 3.8) is 0 Å². The number of furan rings is 1. The van der Waals surface area contributed by atoms with E-state index in [-0.39, 0.29) is 11.9 Å². The zero-order chi connectivity index (χ0) is 10.7. The van der Waals surface area contributed by atoms with Gasteiger partial charge in [-0.1, -0.05) is 6.92 Å². The molecule has 1 fully saturated rings. The van der Waals surface area contributed by atoms with Crippen LogP contribution in [0, 0.1) is 5.92 Å². The summed E-state index contributed by atoms with van der Waals surface area (Å²) in [5, 5.41) is 6.33. The van der Waals surface area contributed by atoms with Gasteiger partial charge in [-0.15, -0.1) is 0 Å². The summed E-state index contributed by atoms with van der Waals surface area (Å²) in [7, 11) is 0. The minimum absolute atomic E-state index is 0.0394. The predicted octanol–water partition coefficient (Wildman–Crippen LogP) is 1.01. The normalized spacial score (nSPS) is 26.2. The zero-order valence-electron chi connectivity index (χ0n) is 8.82. The molecule has 2 rings (SSSR count). The Balaban J connectivity index is 1.93. The van der Waals surface area contributed by atoms with Gasteiger partial charge in [-0.2, -0.15) is 0 Å². The van der Waals surface area contributed by atoms with E-state index < -0.39 is 0 Å². The summed E-state index contributed by atoms with van der Waals surface area (Å²) in [6.07, 6.45) is 3.98. The molecular weight excluding hydrogens is 192 g/mol. The number of hydrogen-bond donors (Lipinski definition) is 2. The van der Waals surface area contributed by atoms with E-state index in [1.54, 1.807) is 6.07 Å². The highest BCUT2D eigenvalue weighted by Gasteiger charge is 2.23. The van der Waals surface area contributed by atoms with Crippen LogP contribution in [0.5, 0.6) is 0 Å². The van der Waals surface area contributed by atoms with Gasteiger partial charge < -0.3 is 15.1 Å². The Kier molecular flexibility index (Phi) is 3.06. The molecule has 1 aliphatic rings. The molecule has 2 unspecified atom stereocenters. The number of carbonyl (C=O) groups is 1. The first-order valence-corrected chi connectivity index (χ1v) is 5.31. The topological polar surface area (TPSA) is 54.3 Å². The lowest BCUT2D eigenvalue weighted by molar-refractivity contribution is 0.0913. The number of amides is 1. The second kappa shape index (κ2) is 4.49. The Bertz CT molecular complexity index is 321. The predicted molar refractivity (Wildman–Crippen MR) is 56.6 cm³/mol. The average molecular weight is 208 g/mol. The summed E-state index contributed by atoms with van der Waals surface area (Å²) in [4.78, 5) is 11.7. The summed E-state index contributed by atoms with van der Waals surface area (Å²) in [6, 6.07) is 1.95. The van der Waals surface area contributed by atoms with Gasteiger partial charge in [0.2, 0.25) is 0 Å². The smallest absolute Gasteiger partial charge is 0.254 e. The van der Waals surface area contributed by atoms with Crippen molar-refractivity contribution in [2.24, 2.45) is 5.92 Å². The SMILES string of the molecule is CC1CNCCC1NC(=O)c1ccoc1. The van der Waals surface area contributed by atoms with Crippen molar-refractivity contribution in [1.82, 2.24) is 10.6 Å². The van der Waals surface area contributed by atoms with E-state index in [4.69, 9.17) is 4.42 Å².